The molecule has 9 nitrogen and oxygen atoms in total. The highest BCUT2D eigenvalue weighted by molar-refractivity contribution is 6.02. The van der Waals surface area contributed by atoms with Gasteiger partial charge in [-0.15, -0.1) is 0 Å². The third-order valence-corrected chi connectivity index (χ3v) is 3.54. The van der Waals surface area contributed by atoms with E-state index >= 15 is 0 Å². The second-order valence-corrected chi connectivity index (χ2v) is 4.92. The first-order valence-electron chi connectivity index (χ1n) is 6.47. The number of amides is 3. The SMILES string of the molecule is NC(=O)CCC(C(N)=O)N1Cc2c(cccc2[N+](=O)[O-])C1=O. The summed E-state index contributed by atoms with van der Waals surface area (Å²) < 4.78 is 0. The normalized spacial score (nSPS) is 14.5. The summed E-state index contributed by atoms with van der Waals surface area (Å²) in [4.78, 5) is 46.3. The molecule has 1 aliphatic heterocycles. The lowest BCUT2D eigenvalue weighted by Crippen LogP contribution is -2.45. The minimum Gasteiger partial charge on any atom is -0.370 e. The van der Waals surface area contributed by atoms with Gasteiger partial charge in [0.05, 0.1) is 22.6 Å². The summed E-state index contributed by atoms with van der Waals surface area (Å²) in [7, 11) is 0. The van der Waals surface area contributed by atoms with Crippen molar-refractivity contribution in [2.24, 2.45) is 11.5 Å². The van der Waals surface area contributed by atoms with Crippen molar-refractivity contribution in [3.8, 4) is 0 Å². The van der Waals surface area contributed by atoms with Crippen molar-refractivity contribution in [1.82, 2.24) is 4.90 Å². The predicted molar refractivity (Wildman–Crippen MR) is 74.4 cm³/mol. The van der Waals surface area contributed by atoms with E-state index in [0.29, 0.717) is 0 Å². The van der Waals surface area contributed by atoms with Crippen molar-refractivity contribution in [1.29, 1.82) is 0 Å². The number of nitrogens with two attached hydrogens (primary N) is 2. The van der Waals surface area contributed by atoms with Crippen LogP contribution in [0.5, 0.6) is 0 Å². The van der Waals surface area contributed by atoms with Crippen LogP contribution in [0.2, 0.25) is 0 Å². The van der Waals surface area contributed by atoms with Crippen LogP contribution in [0.15, 0.2) is 18.2 Å². The van der Waals surface area contributed by atoms with Gasteiger partial charge in [-0.1, -0.05) is 6.07 Å². The average molecular weight is 306 g/mol. The van der Waals surface area contributed by atoms with Gasteiger partial charge in [0, 0.05) is 12.5 Å². The molecule has 9 heteroatoms. The van der Waals surface area contributed by atoms with Crippen molar-refractivity contribution in [3.63, 3.8) is 0 Å². The van der Waals surface area contributed by atoms with Crippen molar-refractivity contribution in [2.45, 2.75) is 25.4 Å². The highest BCUT2D eigenvalue weighted by atomic mass is 16.6. The number of hydrogen-bond acceptors (Lipinski definition) is 5. The number of hydrogen-bond donors (Lipinski definition) is 2. The van der Waals surface area contributed by atoms with Crippen LogP contribution in [0.4, 0.5) is 5.69 Å². The Bertz CT molecular complexity index is 672. The summed E-state index contributed by atoms with van der Waals surface area (Å²) in [6.07, 6.45) is -0.131. The summed E-state index contributed by atoms with van der Waals surface area (Å²) in [6, 6.07) is 3.11. The lowest BCUT2D eigenvalue weighted by Gasteiger charge is -2.24. The fraction of sp³-hybridized carbons (Fsp3) is 0.308. The monoisotopic (exact) mass is 306 g/mol. The number of nitro groups is 1. The topological polar surface area (TPSA) is 150 Å². The van der Waals surface area contributed by atoms with Gasteiger partial charge < -0.3 is 16.4 Å². The summed E-state index contributed by atoms with van der Waals surface area (Å²) in [6.45, 7) is -0.0995. The second-order valence-electron chi connectivity index (χ2n) is 4.92. The molecule has 0 aliphatic carbocycles. The molecule has 0 radical (unpaired) electrons. The molecular weight excluding hydrogens is 292 g/mol. The Morgan fingerprint density at radius 2 is 2.05 bits per heavy atom. The van der Waals surface area contributed by atoms with Gasteiger partial charge in [-0.3, -0.25) is 24.5 Å². The van der Waals surface area contributed by atoms with Crippen LogP contribution in [-0.2, 0) is 16.1 Å². The molecule has 4 N–H and O–H groups in total. The first-order valence-corrected chi connectivity index (χ1v) is 6.47. The molecule has 22 heavy (non-hydrogen) atoms. The van der Waals surface area contributed by atoms with Gasteiger partial charge in [0.15, 0.2) is 0 Å². The number of rotatable bonds is 6. The summed E-state index contributed by atoms with van der Waals surface area (Å²) in [5.41, 5.74) is 10.5. The summed E-state index contributed by atoms with van der Waals surface area (Å²) in [5.74, 6) is -1.93. The standard InChI is InChI=1S/C13H14N4O5/c14-11(18)5-4-10(12(15)19)16-6-8-7(13(16)20)2-1-3-9(8)17(21)22/h1-3,10H,4-6H2,(H2,14,18)(H2,15,19). The van der Waals surface area contributed by atoms with Gasteiger partial charge in [0.25, 0.3) is 11.6 Å². The van der Waals surface area contributed by atoms with Crippen molar-refractivity contribution in [2.75, 3.05) is 0 Å². The Kier molecular flexibility index (Phi) is 4.06. The Hall–Kier alpha value is -2.97. The number of benzene rings is 1. The number of primary amides is 2. The molecular formula is C13H14N4O5. The van der Waals surface area contributed by atoms with Crippen LogP contribution in [0.3, 0.4) is 0 Å². The molecule has 0 saturated heterocycles. The maximum Gasteiger partial charge on any atom is 0.275 e. The molecule has 1 aromatic rings. The van der Waals surface area contributed by atoms with Gasteiger partial charge in [-0.2, -0.15) is 0 Å². The van der Waals surface area contributed by atoms with Gasteiger partial charge in [-0.25, -0.2) is 0 Å². The van der Waals surface area contributed by atoms with Crippen LogP contribution in [0.1, 0.15) is 28.8 Å². The molecule has 0 fully saturated rings. The van der Waals surface area contributed by atoms with Crippen LogP contribution >= 0.6 is 0 Å². The first-order chi connectivity index (χ1) is 10.3. The first kappa shape index (κ1) is 15.4. The largest absolute Gasteiger partial charge is 0.370 e. The lowest BCUT2D eigenvalue weighted by molar-refractivity contribution is -0.385. The molecule has 0 saturated carbocycles. The molecule has 0 aromatic heterocycles. The van der Waals surface area contributed by atoms with Gasteiger partial charge in [-0.05, 0) is 12.5 Å². The van der Waals surface area contributed by atoms with Gasteiger partial charge >= 0.3 is 0 Å². The van der Waals surface area contributed by atoms with E-state index in [2.05, 4.69) is 0 Å². The van der Waals surface area contributed by atoms with Crippen molar-refractivity contribution >= 4 is 23.4 Å². The molecule has 2 rings (SSSR count). The molecule has 3 amide bonds. The highest BCUT2D eigenvalue weighted by Gasteiger charge is 2.38. The smallest absolute Gasteiger partial charge is 0.275 e. The van der Waals surface area contributed by atoms with Crippen LogP contribution in [-0.4, -0.2) is 33.6 Å². The number of carbonyl (C=O) groups is 3. The van der Waals surface area contributed by atoms with E-state index < -0.39 is 28.7 Å². The van der Waals surface area contributed by atoms with E-state index in [1.54, 1.807) is 0 Å². The molecule has 1 heterocycles. The van der Waals surface area contributed by atoms with Crippen molar-refractivity contribution in [3.05, 3.63) is 39.4 Å². The zero-order chi connectivity index (χ0) is 16.4. The fourth-order valence-corrected chi connectivity index (χ4v) is 2.49. The number of nitro benzene ring substituents is 1. The molecule has 116 valence electrons. The Balaban J connectivity index is 2.33. The minimum atomic E-state index is -1.04. The summed E-state index contributed by atoms with van der Waals surface area (Å²) in [5, 5.41) is 11.0. The van der Waals surface area contributed by atoms with E-state index in [0.717, 1.165) is 4.90 Å². The van der Waals surface area contributed by atoms with Crippen LogP contribution in [0.25, 0.3) is 0 Å². The molecule has 1 aromatic carbocycles. The third-order valence-electron chi connectivity index (χ3n) is 3.54. The zero-order valence-corrected chi connectivity index (χ0v) is 11.5. The van der Waals surface area contributed by atoms with Gasteiger partial charge in [0.2, 0.25) is 11.8 Å². The van der Waals surface area contributed by atoms with E-state index in [4.69, 9.17) is 11.5 Å². The van der Waals surface area contributed by atoms with E-state index in [9.17, 15) is 24.5 Å². The molecule has 1 atom stereocenters. The fourth-order valence-electron chi connectivity index (χ4n) is 2.49. The van der Waals surface area contributed by atoms with E-state index in [1.165, 1.54) is 18.2 Å². The minimum absolute atomic E-state index is 0.0157. The Labute approximate surface area is 125 Å². The maximum atomic E-state index is 12.3. The second kappa shape index (κ2) is 5.80. The van der Waals surface area contributed by atoms with Gasteiger partial charge in [0.1, 0.15) is 6.04 Å². The quantitative estimate of drug-likeness (QED) is 0.545. The Morgan fingerprint density at radius 3 is 2.59 bits per heavy atom. The van der Waals surface area contributed by atoms with Crippen LogP contribution < -0.4 is 11.5 Å². The average Bonchev–Trinajstić information content (AvgIpc) is 2.76. The summed E-state index contributed by atoms with van der Waals surface area (Å²) >= 11 is 0. The number of fused-ring (bicyclic) bond motifs is 1. The Morgan fingerprint density at radius 1 is 1.36 bits per heavy atom. The lowest BCUT2D eigenvalue weighted by atomic mass is 10.1. The molecule has 0 spiro atoms. The van der Waals surface area contributed by atoms with E-state index in [1.807, 2.05) is 0 Å². The third kappa shape index (κ3) is 2.73. The van der Waals surface area contributed by atoms with Crippen molar-refractivity contribution < 1.29 is 19.3 Å². The molecule has 1 aliphatic rings. The molecule has 1 unspecified atom stereocenters. The number of nitrogens with zero attached hydrogens (tertiary/aromatic N) is 2. The number of carbonyl (C=O) groups excluding carboxylic acids is 3. The van der Waals surface area contributed by atoms with E-state index in [-0.39, 0.29) is 36.2 Å². The van der Waals surface area contributed by atoms with Crippen LogP contribution in [0, 0.1) is 10.1 Å². The predicted octanol–water partition coefficient (Wildman–Crippen LogP) is -0.330. The zero-order valence-electron chi connectivity index (χ0n) is 11.5. The maximum absolute atomic E-state index is 12.3. The molecule has 0 bridgehead atoms. The highest BCUT2D eigenvalue weighted by Crippen LogP contribution is 2.32.